The first kappa shape index (κ1) is 30.7. The van der Waals surface area contributed by atoms with Crippen LogP contribution in [-0.2, 0) is 0 Å². The standard InChI is InChI=1S/2C10H10N2O2S2.Na.H2O/c2*13-8-4-2-1-3-7(8)9(14)11-12-10-15-5-6-16-10;;/h2*1-4,13H,5-6H2,(H,11,14);;1H2. The molecule has 177 valence electrons. The molecule has 2 aromatic carbocycles. The Morgan fingerprint density at radius 1 is 0.676 bits per heavy atom. The molecule has 2 aliphatic heterocycles. The zero-order valence-corrected chi connectivity index (χ0v) is 23.5. The zero-order valence-electron chi connectivity index (χ0n) is 18.2. The van der Waals surface area contributed by atoms with E-state index in [1.54, 1.807) is 83.4 Å². The molecule has 4 rings (SSSR count). The Bertz CT molecular complexity index is 944. The summed E-state index contributed by atoms with van der Waals surface area (Å²) in [4.78, 5) is 23.3. The summed E-state index contributed by atoms with van der Waals surface area (Å²) in [5.74, 6) is 3.24. The van der Waals surface area contributed by atoms with E-state index in [2.05, 4.69) is 21.1 Å². The van der Waals surface area contributed by atoms with E-state index in [1.807, 2.05) is 0 Å². The topological polar surface area (TPSA) is 155 Å². The average Bonchev–Trinajstić information content (AvgIpc) is 3.51. The number of aromatic hydroxyl groups is 2. The van der Waals surface area contributed by atoms with Gasteiger partial charge < -0.3 is 15.7 Å². The Morgan fingerprint density at radius 3 is 1.32 bits per heavy atom. The van der Waals surface area contributed by atoms with Gasteiger partial charge in [0.15, 0.2) is 0 Å². The van der Waals surface area contributed by atoms with Crippen LogP contribution in [0.25, 0.3) is 0 Å². The van der Waals surface area contributed by atoms with Crippen LogP contribution in [-0.4, -0.2) is 88.8 Å². The van der Waals surface area contributed by atoms with Crippen LogP contribution in [0.4, 0.5) is 0 Å². The molecule has 2 heterocycles. The third-order valence-corrected chi connectivity index (χ3v) is 8.78. The number of carbonyl (C=O) groups is 2. The van der Waals surface area contributed by atoms with Gasteiger partial charge in [0, 0.05) is 52.6 Å². The van der Waals surface area contributed by atoms with E-state index in [4.69, 9.17) is 0 Å². The third-order valence-electron chi connectivity index (χ3n) is 3.86. The number of hydrogen-bond acceptors (Lipinski definition) is 10. The number of amides is 2. The number of nitrogens with one attached hydrogen (secondary N) is 2. The van der Waals surface area contributed by atoms with Crippen molar-refractivity contribution in [1.82, 2.24) is 10.9 Å². The summed E-state index contributed by atoms with van der Waals surface area (Å²) >= 11 is 6.48. The number of hydrogen-bond donors (Lipinski definition) is 4. The minimum absolute atomic E-state index is 0. The number of benzene rings is 2. The van der Waals surface area contributed by atoms with Gasteiger partial charge in [-0.1, -0.05) is 71.3 Å². The van der Waals surface area contributed by atoms with Crippen molar-refractivity contribution in [3.63, 3.8) is 0 Å². The first-order valence-electron chi connectivity index (χ1n) is 9.38. The molecule has 0 aromatic heterocycles. The van der Waals surface area contributed by atoms with Crippen molar-refractivity contribution < 1.29 is 25.3 Å². The molecule has 14 heteroatoms. The Balaban J connectivity index is 0.000000321. The van der Waals surface area contributed by atoms with Gasteiger partial charge in [0.05, 0.1) is 11.1 Å². The van der Waals surface area contributed by atoms with Crippen LogP contribution in [0.15, 0.2) is 58.7 Å². The van der Waals surface area contributed by atoms with E-state index >= 15 is 0 Å². The quantitative estimate of drug-likeness (QED) is 0.335. The predicted octanol–water partition coefficient (Wildman–Crippen LogP) is 2.54. The molecule has 0 spiro atoms. The number of thioether (sulfide) groups is 4. The van der Waals surface area contributed by atoms with E-state index in [1.165, 1.54) is 12.1 Å². The molecular formula is C20H22N4NaO5S4. The molecule has 2 aromatic rings. The minimum Gasteiger partial charge on any atom is -0.507 e. The second-order valence-electron chi connectivity index (χ2n) is 6.07. The molecule has 2 amide bonds. The summed E-state index contributed by atoms with van der Waals surface area (Å²) in [5, 5.41) is 26.9. The normalized spacial score (nSPS) is 14.0. The van der Waals surface area contributed by atoms with Gasteiger partial charge >= 0.3 is 0 Å². The third kappa shape index (κ3) is 9.74. The molecule has 2 fully saturated rings. The summed E-state index contributed by atoms with van der Waals surface area (Å²) in [6, 6.07) is 12.8. The maximum absolute atomic E-state index is 11.6. The van der Waals surface area contributed by atoms with Gasteiger partial charge in [-0.25, -0.2) is 10.9 Å². The monoisotopic (exact) mass is 549 g/mol. The Labute approximate surface area is 236 Å². The molecule has 9 nitrogen and oxygen atoms in total. The number of phenols is 2. The molecule has 2 saturated heterocycles. The Kier molecular flexibility index (Phi) is 14.8. The molecule has 0 unspecified atom stereocenters. The van der Waals surface area contributed by atoms with Crippen LogP contribution >= 0.6 is 47.0 Å². The van der Waals surface area contributed by atoms with Crippen molar-refractivity contribution in [2.45, 2.75) is 0 Å². The second-order valence-corrected chi connectivity index (χ2v) is 10.9. The number of hydrazone groups is 2. The molecule has 0 atom stereocenters. The summed E-state index contributed by atoms with van der Waals surface area (Å²) < 4.78 is 1.73. The minimum atomic E-state index is -0.390. The van der Waals surface area contributed by atoms with E-state index in [0.717, 1.165) is 31.8 Å². The van der Waals surface area contributed by atoms with Gasteiger partial charge in [-0.2, -0.15) is 10.2 Å². The van der Waals surface area contributed by atoms with E-state index in [-0.39, 0.29) is 57.7 Å². The fourth-order valence-corrected chi connectivity index (χ4v) is 6.51. The summed E-state index contributed by atoms with van der Waals surface area (Å²) in [6.07, 6.45) is 0. The van der Waals surface area contributed by atoms with Crippen LogP contribution < -0.4 is 10.9 Å². The molecule has 34 heavy (non-hydrogen) atoms. The van der Waals surface area contributed by atoms with Gasteiger partial charge in [-0.05, 0) is 24.3 Å². The molecule has 0 aliphatic carbocycles. The first-order chi connectivity index (χ1) is 15.5. The summed E-state index contributed by atoms with van der Waals surface area (Å²) in [7, 11) is 0. The summed E-state index contributed by atoms with van der Waals surface area (Å²) in [5.41, 5.74) is 5.33. The van der Waals surface area contributed by atoms with Crippen molar-refractivity contribution in [3.8, 4) is 11.5 Å². The number of carbonyl (C=O) groups excluding carboxylic acids is 2. The number of para-hydroxylation sites is 2. The van der Waals surface area contributed by atoms with Gasteiger partial charge in [-0.15, -0.1) is 0 Å². The van der Waals surface area contributed by atoms with E-state index in [0.29, 0.717) is 0 Å². The average molecular weight is 550 g/mol. The number of phenolic OH excluding ortho intramolecular Hbond substituents is 2. The van der Waals surface area contributed by atoms with Crippen LogP contribution in [0.2, 0.25) is 0 Å². The van der Waals surface area contributed by atoms with Crippen molar-refractivity contribution >= 4 is 97.2 Å². The smallest absolute Gasteiger partial charge is 0.275 e. The van der Waals surface area contributed by atoms with Crippen LogP contribution in [0, 0.1) is 0 Å². The van der Waals surface area contributed by atoms with Gasteiger partial charge in [0.2, 0.25) is 0 Å². The molecule has 0 saturated carbocycles. The maximum atomic E-state index is 11.6. The Morgan fingerprint density at radius 2 is 1.00 bits per heavy atom. The van der Waals surface area contributed by atoms with Crippen molar-refractivity contribution in [1.29, 1.82) is 0 Å². The molecule has 2 aliphatic rings. The zero-order chi connectivity index (χ0) is 22.8. The van der Waals surface area contributed by atoms with Crippen LogP contribution in [0.5, 0.6) is 11.5 Å². The Hall–Kier alpha value is -1.32. The molecule has 1 radical (unpaired) electrons. The van der Waals surface area contributed by atoms with Gasteiger partial charge in [0.1, 0.15) is 20.3 Å². The first-order valence-corrected chi connectivity index (χ1v) is 13.3. The molecule has 0 bridgehead atoms. The van der Waals surface area contributed by atoms with Crippen LogP contribution in [0.3, 0.4) is 0 Å². The van der Waals surface area contributed by atoms with Crippen molar-refractivity contribution in [2.75, 3.05) is 23.0 Å². The fraction of sp³-hybridized carbons (Fsp3) is 0.200. The summed E-state index contributed by atoms with van der Waals surface area (Å²) in [6.45, 7) is 0. The predicted molar refractivity (Wildman–Crippen MR) is 145 cm³/mol. The second kappa shape index (κ2) is 16.4. The van der Waals surface area contributed by atoms with Crippen molar-refractivity contribution in [3.05, 3.63) is 59.7 Å². The van der Waals surface area contributed by atoms with E-state index < -0.39 is 11.8 Å². The fourth-order valence-electron chi connectivity index (χ4n) is 2.37. The maximum Gasteiger partial charge on any atom is 0.275 e. The van der Waals surface area contributed by atoms with Gasteiger partial charge in [0.25, 0.3) is 11.8 Å². The number of nitrogens with zero attached hydrogens (tertiary/aromatic N) is 2. The van der Waals surface area contributed by atoms with Crippen molar-refractivity contribution in [2.24, 2.45) is 10.2 Å². The number of rotatable bonds is 4. The largest absolute Gasteiger partial charge is 0.507 e. The SMILES string of the molecule is O.O=C(NN=C1SCCS1)c1ccccc1O.O=C(NN=C1SCCS1)c1ccccc1O.[Na]. The molecular weight excluding hydrogens is 528 g/mol. The van der Waals surface area contributed by atoms with Crippen LogP contribution in [0.1, 0.15) is 20.7 Å². The molecule has 6 N–H and O–H groups in total. The van der Waals surface area contributed by atoms with E-state index in [9.17, 15) is 19.8 Å². The van der Waals surface area contributed by atoms with Gasteiger partial charge in [-0.3, -0.25) is 9.59 Å².